The van der Waals surface area contributed by atoms with E-state index in [1.807, 2.05) is 12.1 Å². The second-order valence-electron chi connectivity index (χ2n) is 5.73. The quantitative estimate of drug-likeness (QED) is 0.880. The number of amides is 1. The molecule has 2 aromatic rings. The zero-order valence-electron chi connectivity index (χ0n) is 12.6. The van der Waals surface area contributed by atoms with Gasteiger partial charge in [-0.15, -0.1) is 0 Å². The van der Waals surface area contributed by atoms with E-state index >= 15 is 0 Å². The number of halogens is 1. The van der Waals surface area contributed by atoms with E-state index in [1.165, 1.54) is 13.0 Å². The van der Waals surface area contributed by atoms with Gasteiger partial charge in [0, 0.05) is 19.7 Å². The van der Waals surface area contributed by atoms with Gasteiger partial charge in [0.1, 0.15) is 5.82 Å². The number of pyridine rings is 1. The van der Waals surface area contributed by atoms with Crippen LogP contribution in [0.15, 0.2) is 36.5 Å². The van der Waals surface area contributed by atoms with Crippen LogP contribution in [0.2, 0.25) is 0 Å². The number of carbonyl (C=O) groups excluding carboxylic acids is 1. The number of aromatic nitrogens is 1. The van der Waals surface area contributed by atoms with Crippen molar-refractivity contribution in [3.63, 3.8) is 0 Å². The van der Waals surface area contributed by atoms with Crippen LogP contribution in [0, 0.1) is 12.7 Å². The molecule has 5 heteroatoms. The summed E-state index contributed by atoms with van der Waals surface area (Å²) < 4.78 is 13.9. The predicted octanol–water partition coefficient (Wildman–Crippen LogP) is 2.49. The number of hydrogen-bond acceptors (Lipinski definition) is 3. The van der Waals surface area contributed by atoms with E-state index in [-0.39, 0.29) is 11.7 Å². The largest absolute Gasteiger partial charge is 0.316 e. The fourth-order valence-corrected chi connectivity index (χ4v) is 2.96. The van der Waals surface area contributed by atoms with Crippen LogP contribution in [0.3, 0.4) is 0 Å². The van der Waals surface area contributed by atoms with Gasteiger partial charge in [-0.2, -0.15) is 0 Å². The van der Waals surface area contributed by atoms with E-state index < -0.39 is 5.54 Å². The Morgan fingerprint density at radius 3 is 2.86 bits per heavy atom. The van der Waals surface area contributed by atoms with Crippen molar-refractivity contribution in [1.82, 2.24) is 4.98 Å². The summed E-state index contributed by atoms with van der Waals surface area (Å²) in [7, 11) is 0. The summed E-state index contributed by atoms with van der Waals surface area (Å²) in [6, 6.07) is 8.63. The molecule has 1 atom stereocenters. The van der Waals surface area contributed by atoms with Gasteiger partial charge >= 0.3 is 0 Å². The van der Waals surface area contributed by atoms with Crippen LogP contribution in [-0.4, -0.2) is 17.4 Å². The lowest BCUT2D eigenvalue weighted by Crippen LogP contribution is -2.49. The van der Waals surface area contributed by atoms with Crippen molar-refractivity contribution in [2.75, 3.05) is 11.4 Å². The molecule has 2 N–H and O–H groups in total. The molecule has 0 saturated carbocycles. The van der Waals surface area contributed by atoms with Crippen LogP contribution in [0.25, 0.3) is 0 Å². The zero-order valence-corrected chi connectivity index (χ0v) is 12.6. The summed E-state index contributed by atoms with van der Waals surface area (Å²) in [5.41, 5.74) is 8.28. The number of nitrogens with zero attached hydrogens (tertiary/aromatic N) is 2. The predicted molar refractivity (Wildman–Crippen MR) is 83.0 cm³/mol. The molecule has 0 aliphatic carbocycles. The maximum absolute atomic E-state index is 13.9. The Balaban J connectivity index is 2.16. The van der Waals surface area contributed by atoms with Gasteiger partial charge < -0.3 is 10.6 Å². The van der Waals surface area contributed by atoms with E-state index in [2.05, 4.69) is 4.98 Å². The molecular weight excluding hydrogens is 281 g/mol. The topological polar surface area (TPSA) is 59.2 Å². The van der Waals surface area contributed by atoms with Crippen molar-refractivity contribution in [2.24, 2.45) is 5.73 Å². The molecule has 1 aromatic carbocycles. The Bertz CT molecular complexity index is 746. The van der Waals surface area contributed by atoms with Crippen molar-refractivity contribution >= 4 is 11.6 Å². The molecule has 0 spiro atoms. The normalized spacial score (nSPS) is 20.6. The first kappa shape index (κ1) is 14.7. The van der Waals surface area contributed by atoms with Gasteiger partial charge in [0.15, 0.2) is 0 Å². The third-order valence-electron chi connectivity index (χ3n) is 4.30. The summed E-state index contributed by atoms with van der Waals surface area (Å²) in [6.07, 6.45) is 2.15. The third kappa shape index (κ3) is 2.18. The molecule has 1 aromatic heterocycles. The molecule has 114 valence electrons. The average Bonchev–Trinajstić information content (AvgIpc) is 2.50. The molecule has 4 nitrogen and oxygen atoms in total. The van der Waals surface area contributed by atoms with E-state index in [0.29, 0.717) is 35.5 Å². The summed E-state index contributed by atoms with van der Waals surface area (Å²) in [5, 5.41) is 0. The molecule has 22 heavy (non-hydrogen) atoms. The number of nitrogens with two attached hydrogens (primary N) is 1. The molecule has 1 aliphatic heterocycles. The smallest absolute Gasteiger partial charge is 0.223 e. The monoisotopic (exact) mass is 299 g/mol. The molecule has 0 bridgehead atoms. The van der Waals surface area contributed by atoms with E-state index in [0.717, 1.165) is 0 Å². The highest BCUT2D eigenvalue weighted by Crippen LogP contribution is 2.39. The van der Waals surface area contributed by atoms with Crippen LogP contribution in [-0.2, 0) is 10.3 Å². The summed E-state index contributed by atoms with van der Waals surface area (Å²) in [5.74, 6) is -0.333. The number of aryl methyl sites for hydroxylation is 1. The van der Waals surface area contributed by atoms with Gasteiger partial charge in [0.2, 0.25) is 5.91 Å². The van der Waals surface area contributed by atoms with Gasteiger partial charge in [0.25, 0.3) is 0 Å². The fourth-order valence-electron chi connectivity index (χ4n) is 2.96. The Hall–Kier alpha value is -2.27. The van der Waals surface area contributed by atoms with Crippen LogP contribution >= 0.6 is 0 Å². The second-order valence-corrected chi connectivity index (χ2v) is 5.73. The second kappa shape index (κ2) is 5.18. The molecule has 0 fully saturated rings. The van der Waals surface area contributed by atoms with Gasteiger partial charge in [0.05, 0.1) is 16.9 Å². The van der Waals surface area contributed by atoms with Crippen molar-refractivity contribution in [3.05, 3.63) is 59.2 Å². The SMILES string of the molecule is CC(=O)N1CC[C@](N)(c2ccc(C)c(F)c2)c2ncccc21. The summed E-state index contributed by atoms with van der Waals surface area (Å²) in [6.45, 7) is 3.72. The number of rotatable bonds is 1. The number of fused-ring (bicyclic) bond motifs is 1. The minimum atomic E-state index is -0.892. The first-order chi connectivity index (χ1) is 10.4. The Labute approximate surface area is 128 Å². The molecular formula is C17H18FN3O. The molecule has 2 heterocycles. The minimum Gasteiger partial charge on any atom is -0.316 e. The van der Waals surface area contributed by atoms with Gasteiger partial charge in [-0.05, 0) is 42.7 Å². The van der Waals surface area contributed by atoms with Crippen LogP contribution in [0.1, 0.15) is 30.2 Å². The first-order valence-electron chi connectivity index (χ1n) is 7.22. The molecule has 0 radical (unpaired) electrons. The lowest BCUT2D eigenvalue weighted by molar-refractivity contribution is -0.116. The number of benzene rings is 1. The number of anilines is 1. The highest BCUT2D eigenvalue weighted by Gasteiger charge is 2.39. The van der Waals surface area contributed by atoms with E-state index in [1.54, 1.807) is 30.2 Å². The highest BCUT2D eigenvalue weighted by molar-refractivity contribution is 5.93. The zero-order chi connectivity index (χ0) is 15.9. The number of carbonyl (C=O) groups is 1. The fraction of sp³-hybridized carbons (Fsp3) is 0.294. The van der Waals surface area contributed by atoms with E-state index in [4.69, 9.17) is 5.73 Å². The van der Waals surface area contributed by atoms with Crippen LogP contribution in [0.5, 0.6) is 0 Å². The highest BCUT2D eigenvalue weighted by atomic mass is 19.1. The minimum absolute atomic E-state index is 0.0496. The van der Waals surface area contributed by atoms with Crippen molar-refractivity contribution < 1.29 is 9.18 Å². The third-order valence-corrected chi connectivity index (χ3v) is 4.30. The Kier molecular flexibility index (Phi) is 3.45. The van der Waals surface area contributed by atoms with Crippen LogP contribution < -0.4 is 10.6 Å². The van der Waals surface area contributed by atoms with Crippen LogP contribution in [0.4, 0.5) is 10.1 Å². The van der Waals surface area contributed by atoms with Gasteiger partial charge in [-0.3, -0.25) is 9.78 Å². The van der Waals surface area contributed by atoms with Crippen molar-refractivity contribution in [1.29, 1.82) is 0 Å². The molecule has 3 rings (SSSR count). The molecule has 1 amide bonds. The maximum Gasteiger partial charge on any atom is 0.223 e. The molecule has 0 saturated heterocycles. The summed E-state index contributed by atoms with van der Waals surface area (Å²) >= 11 is 0. The van der Waals surface area contributed by atoms with E-state index in [9.17, 15) is 9.18 Å². The Morgan fingerprint density at radius 1 is 1.41 bits per heavy atom. The first-order valence-corrected chi connectivity index (χ1v) is 7.22. The standard InChI is InChI=1S/C17H18FN3O/c1-11-5-6-13(10-14(11)18)17(19)7-9-21(12(2)22)15-4-3-8-20-16(15)17/h3-6,8,10H,7,9,19H2,1-2H3/t17-/m0/s1. The lowest BCUT2D eigenvalue weighted by Gasteiger charge is -2.40. The van der Waals surface area contributed by atoms with Crippen molar-refractivity contribution in [2.45, 2.75) is 25.8 Å². The molecule has 0 unspecified atom stereocenters. The van der Waals surface area contributed by atoms with Gasteiger partial charge in [-0.1, -0.05) is 12.1 Å². The molecule has 1 aliphatic rings. The lowest BCUT2D eigenvalue weighted by atomic mass is 9.80. The average molecular weight is 299 g/mol. The van der Waals surface area contributed by atoms with Gasteiger partial charge in [-0.25, -0.2) is 4.39 Å². The summed E-state index contributed by atoms with van der Waals surface area (Å²) in [4.78, 5) is 17.9. The van der Waals surface area contributed by atoms with Crippen molar-refractivity contribution in [3.8, 4) is 0 Å². The number of hydrogen-bond donors (Lipinski definition) is 1. The Morgan fingerprint density at radius 2 is 2.18 bits per heavy atom. The maximum atomic E-state index is 13.9.